The zero-order valence-electron chi connectivity index (χ0n) is 15.6. The summed E-state index contributed by atoms with van der Waals surface area (Å²) < 4.78 is 13.0. The van der Waals surface area contributed by atoms with Gasteiger partial charge in [0.15, 0.2) is 0 Å². The number of aromatic nitrogens is 2. The maximum Gasteiger partial charge on any atom is 0.229 e. The second-order valence-electron chi connectivity index (χ2n) is 6.09. The van der Waals surface area contributed by atoms with E-state index in [0.717, 1.165) is 24.3 Å². The van der Waals surface area contributed by atoms with Crippen LogP contribution >= 0.6 is 0 Å². The number of nitrogens with zero attached hydrogens (tertiary/aromatic N) is 3. The molecule has 1 aromatic heterocycles. The standard InChI is InChI=1S/C21H24FN5/c1-3-27(4-2)19-11-9-18(10-12-19)25-21-23-14-13-20(26-21)24-15-16-5-7-17(22)8-6-16/h5-14H,3-4,15H2,1-2H3,(H2,23,24,25,26). The van der Waals surface area contributed by atoms with Crippen LogP contribution in [0.25, 0.3) is 0 Å². The highest BCUT2D eigenvalue weighted by Crippen LogP contribution is 2.20. The SMILES string of the molecule is CCN(CC)c1ccc(Nc2nccc(NCc3ccc(F)cc3)n2)cc1. The molecular weight excluding hydrogens is 341 g/mol. The average molecular weight is 365 g/mol. The summed E-state index contributed by atoms with van der Waals surface area (Å²) in [5.74, 6) is 0.991. The van der Waals surface area contributed by atoms with Crippen LogP contribution < -0.4 is 15.5 Å². The molecule has 0 amide bonds. The van der Waals surface area contributed by atoms with Gasteiger partial charge in [0.05, 0.1) is 0 Å². The van der Waals surface area contributed by atoms with Crippen molar-refractivity contribution < 1.29 is 4.39 Å². The Kier molecular flexibility index (Phi) is 6.20. The van der Waals surface area contributed by atoms with Gasteiger partial charge in [-0.15, -0.1) is 0 Å². The molecule has 6 heteroatoms. The third-order valence-corrected chi connectivity index (χ3v) is 4.29. The van der Waals surface area contributed by atoms with Gasteiger partial charge >= 0.3 is 0 Å². The van der Waals surface area contributed by atoms with Crippen molar-refractivity contribution in [2.45, 2.75) is 20.4 Å². The molecule has 0 unspecified atom stereocenters. The molecule has 3 rings (SSSR count). The van der Waals surface area contributed by atoms with Crippen LogP contribution in [0.3, 0.4) is 0 Å². The smallest absolute Gasteiger partial charge is 0.229 e. The Morgan fingerprint density at radius 1 is 0.926 bits per heavy atom. The number of hydrogen-bond acceptors (Lipinski definition) is 5. The Labute approximate surface area is 159 Å². The Morgan fingerprint density at radius 3 is 2.30 bits per heavy atom. The molecule has 0 aliphatic rings. The Bertz CT molecular complexity index is 845. The molecule has 0 saturated heterocycles. The molecule has 3 aromatic rings. The predicted octanol–water partition coefficient (Wildman–Crippen LogP) is 4.82. The van der Waals surface area contributed by atoms with Crippen LogP contribution in [0.2, 0.25) is 0 Å². The minimum Gasteiger partial charge on any atom is -0.372 e. The summed E-state index contributed by atoms with van der Waals surface area (Å²) in [4.78, 5) is 11.0. The van der Waals surface area contributed by atoms with E-state index in [0.29, 0.717) is 18.3 Å². The van der Waals surface area contributed by atoms with Crippen molar-refractivity contribution in [3.8, 4) is 0 Å². The molecule has 0 fully saturated rings. The molecule has 1 heterocycles. The zero-order chi connectivity index (χ0) is 19.1. The molecule has 2 aromatic carbocycles. The minimum absolute atomic E-state index is 0.237. The first-order valence-corrected chi connectivity index (χ1v) is 9.11. The normalized spacial score (nSPS) is 10.5. The molecule has 0 bridgehead atoms. The third-order valence-electron chi connectivity index (χ3n) is 4.29. The topological polar surface area (TPSA) is 53.1 Å². The number of hydrogen-bond donors (Lipinski definition) is 2. The van der Waals surface area contributed by atoms with Crippen molar-refractivity contribution in [1.29, 1.82) is 0 Å². The average Bonchev–Trinajstić information content (AvgIpc) is 2.70. The molecule has 2 N–H and O–H groups in total. The summed E-state index contributed by atoms with van der Waals surface area (Å²) in [6.45, 7) is 6.82. The predicted molar refractivity (Wildman–Crippen MR) is 109 cm³/mol. The number of benzene rings is 2. The lowest BCUT2D eigenvalue weighted by Gasteiger charge is -2.21. The minimum atomic E-state index is -0.237. The van der Waals surface area contributed by atoms with Gasteiger partial charge in [-0.1, -0.05) is 12.1 Å². The van der Waals surface area contributed by atoms with Crippen LogP contribution in [0, 0.1) is 5.82 Å². The van der Waals surface area contributed by atoms with E-state index in [2.05, 4.69) is 51.5 Å². The van der Waals surface area contributed by atoms with E-state index in [1.807, 2.05) is 12.1 Å². The fraction of sp³-hybridized carbons (Fsp3) is 0.238. The lowest BCUT2D eigenvalue weighted by atomic mass is 10.2. The highest BCUT2D eigenvalue weighted by Gasteiger charge is 2.04. The first kappa shape index (κ1) is 18.6. The van der Waals surface area contributed by atoms with Crippen molar-refractivity contribution in [2.75, 3.05) is 28.6 Å². The number of nitrogens with one attached hydrogen (secondary N) is 2. The first-order chi connectivity index (χ1) is 13.2. The Balaban J connectivity index is 1.62. The van der Waals surface area contributed by atoms with Gasteiger partial charge in [-0.25, -0.2) is 9.37 Å². The van der Waals surface area contributed by atoms with Crippen LogP contribution in [0.1, 0.15) is 19.4 Å². The Hall–Kier alpha value is -3.15. The van der Waals surface area contributed by atoms with Gasteiger partial charge in [-0.05, 0) is 61.9 Å². The van der Waals surface area contributed by atoms with Gasteiger partial charge < -0.3 is 15.5 Å². The van der Waals surface area contributed by atoms with Gasteiger partial charge in [-0.3, -0.25) is 0 Å². The lowest BCUT2D eigenvalue weighted by molar-refractivity contribution is 0.627. The zero-order valence-corrected chi connectivity index (χ0v) is 15.6. The Morgan fingerprint density at radius 2 is 1.63 bits per heavy atom. The van der Waals surface area contributed by atoms with Crippen LogP contribution in [-0.2, 0) is 6.54 Å². The van der Waals surface area contributed by atoms with Crippen LogP contribution in [-0.4, -0.2) is 23.1 Å². The molecule has 0 atom stereocenters. The van der Waals surface area contributed by atoms with Crippen LogP contribution in [0.5, 0.6) is 0 Å². The van der Waals surface area contributed by atoms with E-state index in [4.69, 9.17) is 0 Å². The fourth-order valence-corrected chi connectivity index (χ4v) is 2.79. The van der Waals surface area contributed by atoms with Gasteiger partial charge in [-0.2, -0.15) is 4.98 Å². The molecule has 0 aliphatic heterocycles. The fourth-order valence-electron chi connectivity index (χ4n) is 2.79. The van der Waals surface area contributed by atoms with Crippen LogP contribution in [0.15, 0.2) is 60.8 Å². The second-order valence-corrected chi connectivity index (χ2v) is 6.09. The van der Waals surface area contributed by atoms with E-state index in [1.54, 1.807) is 24.4 Å². The van der Waals surface area contributed by atoms with E-state index in [-0.39, 0.29) is 5.82 Å². The largest absolute Gasteiger partial charge is 0.372 e. The van der Waals surface area contributed by atoms with Crippen molar-refractivity contribution in [2.24, 2.45) is 0 Å². The van der Waals surface area contributed by atoms with E-state index < -0.39 is 0 Å². The molecule has 0 spiro atoms. The van der Waals surface area contributed by atoms with E-state index in [9.17, 15) is 4.39 Å². The van der Waals surface area contributed by atoms with E-state index in [1.165, 1.54) is 17.8 Å². The molecule has 0 saturated carbocycles. The summed E-state index contributed by atoms with van der Waals surface area (Å²) in [5.41, 5.74) is 3.11. The quantitative estimate of drug-likeness (QED) is 0.599. The molecule has 0 radical (unpaired) electrons. The highest BCUT2D eigenvalue weighted by molar-refractivity contribution is 5.60. The van der Waals surface area contributed by atoms with E-state index >= 15 is 0 Å². The molecule has 27 heavy (non-hydrogen) atoms. The summed E-state index contributed by atoms with van der Waals surface area (Å²) >= 11 is 0. The summed E-state index contributed by atoms with van der Waals surface area (Å²) in [6, 6.07) is 16.4. The first-order valence-electron chi connectivity index (χ1n) is 9.11. The molecule has 5 nitrogen and oxygen atoms in total. The highest BCUT2D eigenvalue weighted by atomic mass is 19.1. The van der Waals surface area contributed by atoms with Crippen molar-refractivity contribution in [3.05, 3.63) is 72.2 Å². The second kappa shape index (κ2) is 8.98. The maximum atomic E-state index is 13.0. The van der Waals surface area contributed by atoms with Gasteiger partial charge in [0.2, 0.25) is 5.95 Å². The number of anilines is 4. The molecule has 0 aliphatic carbocycles. The van der Waals surface area contributed by atoms with Gasteiger partial charge in [0.1, 0.15) is 11.6 Å². The van der Waals surface area contributed by atoms with Gasteiger partial charge in [0.25, 0.3) is 0 Å². The summed E-state index contributed by atoms with van der Waals surface area (Å²) in [5, 5.41) is 6.45. The molecule has 140 valence electrons. The van der Waals surface area contributed by atoms with Crippen molar-refractivity contribution in [1.82, 2.24) is 9.97 Å². The number of rotatable bonds is 8. The summed E-state index contributed by atoms with van der Waals surface area (Å²) in [6.07, 6.45) is 1.70. The lowest BCUT2D eigenvalue weighted by Crippen LogP contribution is -2.21. The van der Waals surface area contributed by atoms with Crippen molar-refractivity contribution >= 4 is 23.1 Å². The third kappa shape index (κ3) is 5.17. The maximum absolute atomic E-state index is 13.0. The monoisotopic (exact) mass is 365 g/mol. The van der Waals surface area contributed by atoms with Crippen LogP contribution in [0.4, 0.5) is 27.5 Å². The molecular formula is C21H24FN5. The number of halogens is 1. The van der Waals surface area contributed by atoms with Crippen molar-refractivity contribution in [3.63, 3.8) is 0 Å². The summed E-state index contributed by atoms with van der Waals surface area (Å²) in [7, 11) is 0. The van der Waals surface area contributed by atoms with Gasteiger partial charge in [0, 0.05) is 37.2 Å².